The summed E-state index contributed by atoms with van der Waals surface area (Å²) in [4.78, 5) is 29.7. The lowest BCUT2D eigenvalue weighted by Gasteiger charge is -2.19. The number of anilines is 2. The number of hydrogen-bond donors (Lipinski definition) is 2. The molecule has 12 heteroatoms. The SMILES string of the molecule is O=C1CCc2c(Oc3ccc4c(c3)C3C(O4)N3C(=O)Nc3cccc(C(F)(F)F)c3F)ccnc2N1. The first-order valence-corrected chi connectivity index (χ1v) is 10.9. The number of benzene rings is 2. The molecular weight excluding hydrogens is 484 g/mol. The van der Waals surface area contributed by atoms with Gasteiger partial charge in [0.25, 0.3) is 0 Å². The topological polar surface area (TPSA) is 92.6 Å². The number of nitrogens with one attached hydrogen (secondary N) is 2. The van der Waals surface area contributed by atoms with Crippen LogP contribution in [-0.4, -0.2) is 28.1 Å². The fraction of sp³-hybridized carbons (Fsp3) is 0.208. The molecule has 3 aromatic rings. The van der Waals surface area contributed by atoms with Gasteiger partial charge in [0.15, 0.2) is 5.82 Å². The zero-order chi connectivity index (χ0) is 25.2. The van der Waals surface area contributed by atoms with Gasteiger partial charge < -0.3 is 20.1 Å². The van der Waals surface area contributed by atoms with Gasteiger partial charge in [-0.1, -0.05) is 6.07 Å². The van der Waals surface area contributed by atoms with Crippen LogP contribution in [0, 0.1) is 5.82 Å². The lowest BCUT2D eigenvalue weighted by atomic mass is 10.1. The van der Waals surface area contributed by atoms with Crippen LogP contribution in [0.2, 0.25) is 0 Å². The van der Waals surface area contributed by atoms with Gasteiger partial charge in [-0.05, 0) is 42.8 Å². The van der Waals surface area contributed by atoms with E-state index in [0.717, 1.165) is 17.7 Å². The highest BCUT2D eigenvalue weighted by molar-refractivity contribution is 5.93. The van der Waals surface area contributed by atoms with Crippen molar-refractivity contribution in [3.05, 3.63) is 71.2 Å². The third-order valence-corrected chi connectivity index (χ3v) is 6.18. The summed E-state index contributed by atoms with van der Waals surface area (Å²) in [6, 6.07) is 8.15. The molecule has 3 amide bonds. The second-order valence-electron chi connectivity index (χ2n) is 8.44. The number of fused-ring (bicyclic) bond motifs is 4. The van der Waals surface area contributed by atoms with Gasteiger partial charge in [0, 0.05) is 23.7 Å². The minimum Gasteiger partial charge on any atom is -0.467 e. The van der Waals surface area contributed by atoms with Gasteiger partial charge in [0.2, 0.25) is 12.1 Å². The summed E-state index contributed by atoms with van der Waals surface area (Å²) in [5, 5.41) is 4.90. The number of halogens is 4. The average Bonchev–Trinajstić information content (AvgIpc) is 3.42. The molecule has 36 heavy (non-hydrogen) atoms. The van der Waals surface area contributed by atoms with Crippen molar-refractivity contribution in [1.82, 2.24) is 9.88 Å². The van der Waals surface area contributed by atoms with Crippen LogP contribution in [0.4, 0.5) is 33.9 Å². The lowest BCUT2D eigenvalue weighted by Crippen LogP contribution is -2.25. The molecule has 2 N–H and O–H groups in total. The van der Waals surface area contributed by atoms with E-state index in [1.807, 2.05) is 0 Å². The van der Waals surface area contributed by atoms with Crippen LogP contribution in [0.15, 0.2) is 48.7 Å². The maximum absolute atomic E-state index is 14.3. The molecule has 3 aliphatic heterocycles. The third kappa shape index (κ3) is 3.65. The van der Waals surface area contributed by atoms with Gasteiger partial charge in [-0.15, -0.1) is 0 Å². The highest BCUT2D eigenvalue weighted by Crippen LogP contribution is 2.54. The molecule has 2 unspecified atom stereocenters. The minimum atomic E-state index is -4.89. The van der Waals surface area contributed by atoms with Crippen molar-refractivity contribution >= 4 is 23.4 Å². The third-order valence-electron chi connectivity index (χ3n) is 6.18. The largest absolute Gasteiger partial charge is 0.467 e. The molecule has 6 rings (SSSR count). The highest BCUT2D eigenvalue weighted by Gasteiger charge is 2.60. The molecule has 0 aliphatic carbocycles. The number of ether oxygens (including phenoxy) is 2. The van der Waals surface area contributed by atoms with E-state index in [9.17, 15) is 27.2 Å². The Morgan fingerprint density at radius 2 is 2.03 bits per heavy atom. The van der Waals surface area contributed by atoms with Crippen LogP contribution in [0.5, 0.6) is 17.2 Å². The molecule has 1 saturated heterocycles. The minimum absolute atomic E-state index is 0.120. The number of carbonyl (C=O) groups excluding carboxylic acids is 2. The summed E-state index contributed by atoms with van der Waals surface area (Å²) in [5.74, 6) is 0.292. The summed E-state index contributed by atoms with van der Waals surface area (Å²) >= 11 is 0. The van der Waals surface area contributed by atoms with Gasteiger partial charge in [-0.2, -0.15) is 13.2 Å². The fourth-order valence-corrected chi connectivity index (χ4v) is 4.44. The van der Waals surface area contributed by atoms with E-state index in [1.165, 1.54) is 11.1 Å². The molecule has 4 heterocycles. The van der Waals surface area contributed by atoms with Crippen LogP contribution in [0.25, 0.3) is 0 Å². The Kier molecular flexibility index (Phi) is 4.82. The van der Waals surface area contributed by atoms with E-state index in [0.29, 0.717) is 47.5 Å². The first-order chi connectivity index (χ1) is 17.2. The fourth-order valence-electron chi connectivity index (χ4n) is 4.44. The normalized spacial score (nSPS) is 19.4. The Morgan fingerprint density at radius 3 is 2.83 bits per heavy atom. The van der Waals surface area contributed by atoms with Crippen molar-refractivity contribution in [3.8, 4) is 17.2 Å². The number of rotatable bonds is 3. The molecule has 0 bridgehead atoms. The van der Waals surface area contributed by atoms with Gasteiger partial charge >= 0.3 is 12.2 Å². The van der Waals surface area contributed by atoms with E-state index in [-0.39, 0.29) is 5.91 Å². The summed E-state index contributed by atoms with van der Waals surface area (Å²) in [7, 11) is 0. The van der Waals surface area contributed by atoms with Crippen molar-refractivity contribution < 1.29 is 36.6 Å². The number of hydrogen-bond acceptors (Lipinski definition) is 5. The summed E-state index contributed by atoms with van der Waals surface area (Å²) < 4.78 is 65.0. The Hall–Kier alpha value is -4.35. The quantitative estimate of drug-likeness (QED) is 0.380. The molecule has 2 atom stereocenters. The molecule has 8 nitrogen and oxygen atoms in total. The molecule has 1 fully saturated rings. The monoisotopic (exact) mass is 500 g/mol. The molecule has 2 aromatic carbocycles. The zero-order valence-electron chi connectivity index (χ0n) is 18.2. The van der Waals surface area contributed by atoms with Crippen LogP contribution >= 0.6 is 0 Å². The maximum atomic E-state index is 14.3. The zero-order valence-corrected chi connectivity index (χ0v) is 18.2. The van der Waals surface area contributed by atoms with Gasteiger partial charge in [0.1, 0.15) is 29.1 Å². The van der Waals surface area contributed by atoms with Crippen LogP contribution in [0.3, 0.4) is 0 Å². The van der Waals surface area contributed by atoms with Crippen molar-refractivity contribution in [2.24, 2.45) is 0 Å². The standard InChI is InChI=1S/C24H16F4N4O4/c25-19-14(24(26,27)28)2-1-3-15(19)30-23(34)32-20-13-10-11(4-6-16(13)36-22(20)32)35-17-8-9-29-21-12(17)5-7-18(33)31-21/h1-4,6,8-10,20,22H,5,7H2,(H,30,34)(H,29,31,33). The van der Waals surface area contributed by atoms with Crippen LogP contribution in [0.1, 0.15) is 29.2 Å². The average molecular weight is 500 g/mol. The number of nitrogens with zero attached hydrogens (tertiary/aromatic N) is 2. The number of urea groups is 1. The molecule has 0 spiro atoms. The summed E-state index contributed by atoms with van der Waals surface area (Å²) in [6.07, 6.45) is -3.24. The molecule has 0 radical (unpaired) electrons. The number of aromatic nitrogens is 1. The number of pyridine rings is 1. The molecule has 184 valence electrons. The van der Waals surface area contributed by atoms with Crippen molar-refractivity contribution in [1.29, 1.82) is 0 Å². The predicted octanol–water partition coefficient (Wildman–Crippen LogP) is 5.22. The Bertz CT molecular complexity index is 1430. The van der Waals surface area contributed by atoms with E-state index in [2.05, 4.69) is 15.6 Å². The van der Waals surface area contributed by atoms with Crippen molar-refractivity contribution in [3.63, 3.8) is 0 Å². The van der Waals surface area contributed by atoms with E-state index < -0.39 is 41.5 Å². The first-order valence-electron chi connectivity index (χ1n) is 10.9. The lowest BCUT2D eigenvalue weighted by molar-refractivity contribution is -0.139. The predicted molar refractivity (Wildman–Crippen MR) is 117 cm³/mol. The van der Waals surface area contributed by atoms with Crippen molar-refractivity contribution in [2.75, 3.05) is 10.6 Å². The summed E-state index contributed by atoms with van der Waals surface area (Å²) in [6.45, 7) is 0. The second-order valence-corrected chi connectivity index (χ2v) is 8.44. The molecule has 0 saturated carbocycles. The number of alkyl halides is 3. The van der Waals surface area contributed by atoms with Crippen LogP contribution < -0.4 is 20.1 Å². The molecule has 1 aromatic heterocycles. The highest BCUT2D eigenvalue weighted by atomic mass is 19.4. The van der Waals surface area contributed by atoms with E-state index in [1.54, 1.807) is 24.3 Å². The Morgan fingerprint density at radius 1 is 1.19 bits per heavy atom. The van der Waals surface area contributed by atoms with Gasteiger partial charge in [-0.25, -0.2) is 14.2 Å². The van der Waals surface area contributed by atoms with Gasteiger partial charge in [0.05, 0.1) is 11.3 Å². The van der Waals surface area contributed by atoms with E-state index in [4.69, 9.17) is 9.47 Å². The van der Waals surface area contributed by atoms with Crippen molar-refractivity contribution in [2.45, 2.75) is 31.3 Å². The maximum Gasteiger partial charge on any atom is 0.419 e. The van der Waals surface area contributed by atoms with Gasteiger partial charge in [-0.3, -0.25) is 9.69 Å². The Balaban J connectivity index is 1.20. The second kappa shape index (κ2) is 7.83. The number of carbonyl (C=O) groups is 2. The molecular formula is C24H16F4N4O4. The first kappa shape index (κ1) is 22.1. The van der Waals surface area contributed by atoms with E-state index >= 15 is 0 Å². The number of amides is 3. The van der Waals surface area contributed by atoms with Crippen LogP contribution in [-0.2, 0) is 17.4 Å². The smallest absolute Gasteiger partial charge is 0.419 e. The molecule has 3 aliphatic rings. The summed E-state index contributed by atoms with van der Waals surface area (Å²) in [5.41, 5.74) is -0.630. The Labute approximate surface area is 200 Å².